The van der Waals surface area contributed by atoms with E-state index in [1.165, 1.54) is 12.8 Å². The Labute approximate surface area is 154 Å². The lowest BCUT2D eigenvalue weighted by Crippen LogP contribution is -2.40. The van der Waals surface area contributed by atoms with Crippen LogP contribution in [0.25, 0.3) is 11.3 Å². The Kier molecular flexibility index (Phi) is 8.37. The second-order valence-corrected chi connectivity index (χ2v) is 5.96. The molecule has 7 heteroatoms. The second-order valence-electron chi connectivity index (χ2n) is 5.52. The van der Waals surface area contributed by atoms with Gasteiger partial charge >= 0.3 is 0 Å². The van der Waals surface area contributed by atoms with E-state index >= 15 is 0 Å². The Bertz CT molecular complexity index is 600. The van der Waals surface area contributed by atoms with E-state index in [9.17, 15) is 0 Å². The minimum Gasteiger partial charge on any atom is -0.439 e. The SMILES string of the molecule is CN(Cc1ncc(-c2cccc(Cl)c2)o1)C1CCNCC1.Cl.Cl. The molecule has 0 amide bonds. The van der Waals surface area contributed by atoms with Crippen LogP contribution in [0, 0.1) is 0 Å². The van der Waals surface area contributed by atoms with Gasteiger partial charge in [0.1, 0.15) is 0 Å². The zero-order valence-electron chi connectivity index (χ0n) is 13.0. The van der Waals surface area contributed by atoms with Crippen LogP contribution in [0.2, 0.25) is 5.02 Å². The van der Waals surface area contributed by atoms with Gasteiger partial charge in [0.05, 0.1) is 12.7 Å². The fourth-order valence-corrected chi connectivity index (χ4v) is 2.94. The molecule has 1 aliphatic rings. The molecule has 0 aliphatic carbocycles. The van der Waals surface area contributed by atoms with Crippen LogP contribution in [0.15, 0.2) is 34.9 Å². The Balaban J connectivity index is 0.00000132. The van der Waals surface area contributed by atoms with Crippen molar-refractivity contribution in [2.45, 2.75) is 25.4 Å². The van der Waals surface area contributed by atoms with Gasteiger partial charge in [0.25, 0.3) is 0 Å². The maximum absolute atomic E-state index is 6.01. The normalized spacial score (nSPS) is 15.1. The molecule has 2 aromatic rings. The number of hydrogen-bond donors (Lipinski definition) is 1. The van der Waals surface area contributed by atoms with Crippen molar-refractivity contribution in [3.05, 3.63) is 41.4 Å². The van der Waals surface area contributed by atoms with Gasteiger partial charge in [0, 0.05) is 16.6 Å². The third-order valence-electron chi connectivity index (χ3n) is 3.98. The lowest BCUT2D eigenvalue weighted by molar-refractivity contribution is 0.177. The molecule has 1 fully saturated rings. The smallest absolute Gasteiger partial charge is 0.209 e. The topological polar surface area (TPSA) is 41.3 Å². The molecule has 23 heavy (non-hydrogen) atoms. The van der Waals surface area contributed by atoms with E-state index in [4.69, 9.17) is 16.0 Å². The zero-order chi connectivity index (χ0) is 14.7. The molecule has 0 unspecified atom stereocenters. The highest BCUT2D eigenvalue weighted by molar-refractivity contribution is 6.30. The number of hydrogen-bond acceptors (Lipinski definition) is 4. The van der Waals surface area contributed by atoms with Crippen molar-refractivity contribution in [3.63, 3.8) is 0 Å². The molecular weight excluding hydrogens is 357 g/mol. The summed E-state index contributed by atoms with van der Waals surface area (Å²) in [5.41, 5.74) is 0.964. The molecule has 1 N–H and O–H groups in total. The Morgan fingerprint density at radius 3 is 2.74 bits per heavy atom. The number of aromatic nitrogens is 1. The van der Waals surface area contributed by atoms with Crippen LogP contribution < -0.4 is 5.32 Å². The maximum atomic E-state index is 6.01. The zero-order valence-corrected chi connectivity index (χ0v) is 15.4. The maximum Gasteiger partial charge on any atom is 0.209 e. The van der Waals surface area contributed by atoms with Crippen molar-refractivity contribution >= 4 is 36.4 Å². The Hall–Kier alpha value is -0.780. The highest BCUT2D eigenvalue weighted by atomic mass is 35.5. The van der Waals surface area contributed by atoms with E-state index in [2.05, 4.69) is 22.2 Å². The van der Waals surface area contributed by atoms with Crippen molar-refractivity contribution in [2.24, 2.45) is 0 Å². The Morgan fingerprint density at radius 1 is 1.30 bits per heavy atom. The first kappa shape index (κ1) is 20.3. The lowest BCUT2D eigenvalue weighted by Gasteiger charge is -2.30. The first-order valence-electron chi connectivity index (χ1n) is 7.34. The lowest BCUT2D eigenvalue weighted by atomic mass is 10.1. The monoisotopic (exact) mass is 377 g/mol. The van der Waals surface area contributed by atoms with Gasteiger partial charge in [0.2, 0.25) is 5.89 Å². The standard InChI is InChI=1S/C16H20ClN3O.2ClH/c1-20(14-5-7-18-8-6-14)11-16-19-10-15(21-16)12-3-2-4-13(17)9-12;;/h2-4,9-10,14,18H,5-8,11H2,1H3;2*1H. The van der Waals surface area contributed by atoms with E-state index in [-0.39, 0.29) is 24.8 Å². The average Bonchev–Trinajstić information content (AvgIpc) is 2.97. The van der Waals surface area contributed by atoms with Crippen LogP contribution in [-0.4, -0.2) is 36.1 Å². The van der Waals surface area contributed by atoms with Crippen LogP contribution in [0.4, 0.5) is 0 Å². The van der Waals surface area contributed by atoms with Crippen LogP contribution in [-0.2, 0) is 6.54 Å². The van der Waals surface area contributed by atoms with Gasteiger partial charge in [-0.1, -0.05) is 23.7 Å². The molecule has 0 bridgehead atoms. The van der Waals surface area contributed by atoms with Crippen LogP contribution in [0.1, 0.15) is 18.7 Å². The summed E-state index contributed by atoms with van der Waals surface area (Å²) in [5.74, 6) is 1.53. The Morgan fingerprint density at radius 2 is 2.04 bits per heavy atom. The average molecular weight is 379 g/mol. The summed E-state index contributed by atoms with van der Waals surface area (Å²) >= 11 is 6.01. The largest absolute Gasteiger partial charge is 0.439 e. The van der Waals surface area contributed by atoms with E-state index in [0.717, 1.165) is 36.8 Å². The van der Waals surface area contributed by atoms with Gasteiger partial charge in [0.15, 0.2) is 5.76 Å². The number of oxazole rings is 1. The van der Waals surface area contributed by atoms with E-state index in [0.29, 0.717) is 11.1 Å². The quantitative estimate of drug-likeness (QED) is 0.872. The van der Waals surface area contributed by atoms with Crippen LogP contribution in [0.3, 0.4) is 0 Å². The summed E-state index contributed by atoms with van der Waals surface area (Å²) in [7, 11) is 2.14. The highest BCUT2D eigenvalue weighted by Gasteiger charge is 2.19. The van der Waals surface area contributed by atoms with Gasteiger partial charge in [-0.3, -0.25) is 4.90 Å². The molecule has 0 radical (unpaired) electrons. The fraction of sp³-hybridized carbons (Fsp3) is 0.438. The van der Waals surface area contributed by atoms with Gasteiger partial charge in [-0.2, -0.15) is 0 Å². The summed E-state index contributed by atoms with van der Waals surface area (Å²) in [6, 6.07) is 8.25. The first-order chi connectivity index (χ1) is 10.2. The molecular formula is C16H22Cl3N3O. The molecule has 128 valence electrons. The molecule has 1 aromatic heterocycles. The predicted molar refractivity (Wildman–Crippen MR) is 98.8 cm³/mol. The van der Waals surface area contributed by atoms with Crippen molar-refractivity contribution < 1.29 is 4.42 Å². The van der Waals surface area contributed by atoms with Gasteiger partial charge in [-0.25, -0.2) is 4.98 Å². The fourth-order valence-electron chi connectivity index (χ4n) is 2.75. The molecule has 0 atom stereocenters. The second kappa shape index (κ2) is 9.50. The molecule has 1 aromatic carbocycles. The van der Waals surface area contributed by atoms with Crippen molar-refractivity contribution in [3.8, 4) is 11.3 Å². The number of nitrogens with zero attached hydrogens (tertiary/aromatic N) is 2. The number of halogens is 3. The number of piperidine rings is 1. The number of nitrogens with one attached hydrogen (secondary N) is 1. The van der Waals surface area contributed by atoms with Crippen molar-refractivity contribution in [1.29, 1.82) is 0 Å². The molecule has 3 rings (SSSR count). The molecule has 1 saturated heterocycles. The summed E-state index contributed by atoms with van der Waals surface area (Å²) in [5, 5.41) is 4.09. The minimum atomic E-state index is 0. The predicted octanol–water partition coefficient (Wildman–Crippen LogP) is 4.02. The third kappa shape index (κ3) is 5.37. The van der Waals surface area contributed by atoms with Gasteiger partial charge in [-0.15, -0.1) is 24.8 Å². The van der Waals surface area contributed by atoms with Crippen molar-refractivity contribution in [1.82, 2.24) is 15.2 Å². The highest BCUT2D eigenvalue weighted by Crippen LogP contribution is 2.24. The molecule has 0 saturated carbocycles. The van der Waals surface area contributed by atoms with Crippen LogP contribution in [0.5, 0.6) is 0 Å². The number of rotatable bonds is 4. The summed E-state index contributed by atoms with van der Waals surface area (Å²) in [4.78, 5) is 6.72. The van der Waals surface area contributed by atoms with E-state index in [1.54, 1.807) is 6.20 Å². The molecule has 0 spiro atoms. The van der Waals surface area contributed by atoms with Gasteiger partial charge < -0.3 is 9.73 Å². The van der Waals surface area contributed by atoms with E-state index < -0.39 is 0 Å². The van der Waals surface area contributed by atoms with Crippen molar-refractivity contribution in [2.75, 3.05) is 20.1 Å². The summed E-state index contributed by atoms with van der Waals surface area (Å²) < 4.78 is 5.86. The first-order valence-corrected chi connectivity index (χ1v) is 7.72. The molecule has 1 aliphatic heterocycles. The van der Waals surface area contributed by atoms with Crippen LogP contribution >= 0.6 is 36.4 Å². The minimum absolute atomic E-state index is 0. The third-order valence-corrected chi connectivity index (χ3v) is 4.21. The van der Waals surface area contributed by atoms with Gasteiger partial charge in [-0.05, 0) is 45.1 Å². The number of benzene rings is 1. The van der Waals surface area contributed by atoms with E-state index in [1.807, 2.05) is 24.3 Å². The molecule has 2 heterocycles. The summed E-state index contributed by atoms with van der Waals surface area (Å²) in [6.45, 7) is 2.92. The summed E-state index contributed by atoms with van der Waals surface area (Å²) in [6.07, 6.45) is 4.13. The molecule has 4 nitrogen and oxygen atoms in total.